The maximum atomic E-state index is 14.9. The van der Waals surface area contributed by atoms with Crippen LogP contribution in [0.4, 0.5) is 10.3 Å². The Kier molecular flexibility index (Phi) is 5.22. The molecule has 0 saturated carbocycles. The number of nitrogens with one attached hydrogen (secondary N) is 2. The Morgan fingerprint density at radius 2 is 2.06 bits per heavy atom. The molecule has 11 heteroatoms. The molecule has 1 fully saturated rings. The molecule has 4 bridgehead atoms. The van der Waals surface area contributed by atoms with Crippen LogP contribution in [-0.2, 0) is 16.1 Å². The van der Waals surface area contributed by atoms with E-state index >= 15 is 0 Å². The van der Waals surface area contributed by atoms with Crippen LogP contribution in [-0.4, -0.2) is 80.7 Å². The quantitative estimate of drug-likeness (QED) is 0.576. The van der Waals surface area contributed by atoms with Crippen molar-refractivity contribution in [3.63, 3.8) is 0 Å². The van der Waals surface area contributed by atoms with E-state index in [2.05, 4.69) is 30.6 Å². The summed E-state index contributed by atoms with van der Waals surface area (Å²) in [5.74, 6) is 0.469. The summed E-state index contributed by atoms with van der Waals surface area (Å²) in [5, 5.41) is 6.48. The van der Waals surface area contributed by atoms with Crippen molar-refractivity contribution in [2.24, 2.45) is 0 Å². The summed E-state index contributed by atoms with van der Waals surface area (Å²) < 4.78 is 22.6. The number of rotatable bonds is 1. The fourth-order valence-electron chi connectivity index (χ4n) is 4.48. The highest BCUT2D eigenvalue weighted by Gasteiger charge is 2.33. The summed E-state index contributed by atoms with van der Waals surface area (Å²) in [6, 6.07) is 1.41. The van der Waals surface area contributed by atoms with Gasteiger partial charge in [-0.1, -0.05) is 0 Å². The van der Waals surface area contributed by atoms with Crippen molar-refractivity contribution in [3.05, 3.63) is 30.1 Å². The lowest BCUT2D eigenvalue weighted by Crippen LogP contribution is -2.45. The summed E-state index contributed by atoms with van der Waals surface area (Å²) in [7, 11) is 3.40. The zero-order chi connectivity index (χ0) is 22.4. The highest BCUT2D eigenvalue weighted by atomic mass is 19.1. The van der Waals surface area contributed by atoms with Crippen molar-refractivity contribution in [2.75, 3.05) is 32.6 Å². The average molecular weight is 440 g/mol. The number of likely N-dealkylation sites (N-methyl/N-ethyl adjacent to an activating group) is 1. The maximum Gasteiger partial charge on any atom is 0.239 e. The number of halogens is 1. The van der Waals surface area contributed by atoms with Crippen molar-refractivity contribution in [3.8, 4) is 11.4 Å². The van der Waals surface area contributed by atoms with E-state index in [-0.39, 0.29) is 29.8 Å². The van der Waals surface area contributed by atoms with Crippen LogP contribution < -0.4 is 10.6 Å². The number of carbonyl (C=O) groups excluding carboxylic acids is 1. The van der Waals surface area contributed by atoms with Gasteiger partial charge in [0.25, 0.3) is 0 Å². The first-order valence-corrected chi connectivity index (χ1v) is 10.6. The lowest BCUT2D eigenvalue weighted by atomic mass is 10.1. The predicted octanol–water partition coefficient (Wildman–Crippen LogP) is 0.965. The van der Waals surface area contributed by atoms with Gasteiger partial charge < -0.3 is 24.8 Å². The molecule has 0 aromatic carbocycles. The summed E-state index contributed by atoms with van der Waals surface area (Å²) in [6.07, 6.45) is 3.03. The number of aryl methyl sites for hydroxylation is 1. The van der Waals surface area contributed by atoms with Crippen LogP contribution in [0.25, 0.3) is 22.4 Å². The molecule has 3 atom stereocenters. The van der Waals surface area contributed by atoms with Crippen LogP contribution in [0, 0.1) is 12.7 Å². The molecule has 5 rings (SSSR count). The van der Waals surface area contributed by atoms with Crippen LogP contribution >= 0.6 is 0 Å². The predicted molar refractivity (Wildman–Crippen MR) is 116 cm³/mol. The molecule has 10 nitrogen and oxygen atoms in total. The summed E-state index contributed by atoms with van der Waals surface area (Å²) in [6.45, 7) is 3.29. The van der Waals surface area contributed by atoms with E-state index in [4.69, 9.17) is 4.74 Å². The zero-order valence-corrected chi connectivity index (χ0v) is 18.2. The van der Waals surface area contributed by atoms with E-state index in [0.29, 0.717) is 48.7 Å². The molecule has 32 heavy (non-hydrogen) atoms. The first-order chi connectivity index (χ1) is 15.4. The van der Waals surface area contributed by atoms with Crippen molar-refractivity contribution in [2.45, 2.75) is 38.1 Å². The van der Waals surface area contributed by atoms with Crippen LogP contribution in [0.2, 0.25) is 0 Å². The molecule has 1 unspecified atom stereocenters. The molecule has 0 aliphatic carbocycles. The molecule has 3 aromatic heterocycles. The van der Waals surface area contributed by atoms with Gasteiger partial charge in [0.05, 0.1) is 35.9 Å². The van der Waals surface area contributed by atoms with E-state index in [1.165, 1.54) is 0 Å². The van der Waals surface area contributed by atoms with Gasteiger partial charge in [0.15, 0.2) is 5.82 Å². The second-order valence-electron chi connectivity index (χ2n) is 8.30. The highest BCUT2D eigenvalue weighted by molar-refractivity contribution is 5.89. The van der Waals surface area contributed by atoms with Crippen LogP contribution in [0.15, 0.2) is 18.5 Å². The van der Waals surface area contributed by atoms with E-state index in [1.807, 2.05) is 11.5 Å². The first-order valence-electron chi connectivity index (χ1n) is 10.6. The summed E-state index contributed by atoms with van der Waals surface area (Å²) in [5.41, 5.74) is 1.85. The fourth-order valence-corrected chi connectivity index (χ4v) is 4.48. The largest absolute Gasteiger partial charge is 0.378 e. The van der Waals surface area contributed by atoms with Crippen LogP contribution in [0.5, 0.6) is 0 Å². The third-order valence-electron chi connectivity index (χ3n) is 6.15. The molecule has 5 heterocycles. The Hall–Kier alpha value is -3.18. The second-order valence-corrected chi connectivity index (χ2v) is 8.30. The number of hydrogen-bond acceptors (Lipinski definition) is 8. The number of pyridine rings is 1. The highest BCUT2D eigenvalue weighted by Crippen LogP contribution is 2.29. The number of methoxy groups -OCH3 is 1. The monoisotopic (exact) mass is 440 g/mol. The van der Waals surface area contributed by atoms with Crippen molar-refractivity contribution >= 4 is 22.9 Å². The van der Waals surface area contributed by atoms with E-state index in [0.717, 1.165) is 12.0 Å². The minimum absolute atomic E-state index is 0.00139. The van der Waals surface area contributed by atoms with Gasteiger partial charge in [0.1, 0.15) is 17.2 Å². The Labute approximate surface area is 184 Å². The lowest BCUT2D eigenvalue weighted by Gasteiger charge is -2.26. The molecule has 1 saturated heterocycles. The smallest absolute Gasteiger partial charge is 0.239 e. The fraction of sp³-hybridized carbons (Fsp3) is 0.476. The van der Waals surface area contributed by atoms with Crippen molar-refractivity contribution < 1.29 is 13.9 Å². The third-order valence-corrected chi connectivity index (χ3v) is 6.15. The van der Waals surface area contributed by atoms with Gasteiger partial charge in [0, 0.05) is 39.5 Å². The molecule has 1 amide bonds. The van der Waals surface area contributed by atoms with Gasteiger partial charge in [0.2, 0.25) is 11.9 Å². The number of fused-ring (bicyclic) bond motifs is 5. The van der Waals surface area contributed by atoms with E-state index in [9.17, 15) is 9.18 Å². The zero-order valence-electron chi connectivity index (χ0n) is 18.2. The van der Waals surface area contributed by atoms with Crippen molar-refractivity contribution in [1.29, 1.82) is 0 Å². The molecular weight excluding hydrogens is 415 g/mol. The minimum Gasteiger partial charge on any atom is -0.378 e. The Bertz CT molecular complexity index is 1180. The Morgan fingerprint density at radius 3 is 2.88 bits per heavy atom. The molecule has 0 spiro atoms. The molecular formula is C21H25FN8O2. The molecule has 0 radical (unpaired) electrons. The van der Waals surface area contributed by atoms with Crippen molar-refractivity contribution in [1.82, 2.24) is 34.7 Å². The average Bonchev–Trinajstić information content (AvgIpc) is 3.37. The number of nitrogens with zero attached hydrogens (tertiary/aromatic N) is 6. The lowest BCUT2D eigenvalue weighted by molar-refractivity contribution is -0.133. The first kappa shape index (κ1) is 20.7. The molecule has 168 valence electrons. The van der Waals surface area contributed by atoms with Crippen LogP contribution in [0.3, 0.4) is 0 Å². The number of aromatic nitrogens is 5. The maximum absolute atomic E-state index is 14.9. The normalized spacial score (nSPS) is 23.7. The second kappa shape index (κ2) is 8.06. The van der Waals surface area contributed by atoms with Gasteiger partial charge in [-0.2, -0.15) is 0 Å². The number of amides is 1. The molecule has 3 aromatic rings. The Balaban J connectivity index is 1.69. The standard InChI is InChI=1S/C21H25FN8O2/c1-11-26-15-4-5-23-18-17-14(22)8-25-21(28-17)27-12-6-16(24-7-12)20(31)29(2)9-13(32-3)10-30(11)19(15)18/h4-5,8,12-13,16,24H,6-7,9-10H2,1-3H3,(H,25,27,28)/t12?,13-,16-/m0/s1. The number of ether oxygens (including phenoxy) is 1. The SMILES string of the molecule is CO[C@H]1CN(C)C(=O)[C@@H]2CC(CN2)Nc2ncc(F)c(n2)-c2nccc3nc(C)n(c23)C1. The number of imidazole rings is 1. The van der Waals surface area contributed by atoms with Gasteiger partial charge in [-0.3, -0.25) is 9.78 Å². The number of hydrogen-bond donors (Lipinski definition) is 2. The number of anilines is 1. The van der Waals surface area contributed by atoms with Gasteiger partial charge in [-0.05, 0) is 19.4 Å². The van der Waals surface area contributed by atoms with E-state index < -0.39 is 5.82 Å². The van der Waals surface area contributed by atoms with E-state index in [1.54, 1.807) is 31.3 Å². The molecule has 2 aliphatic rings. The topological polar surface area (TPSA) is 110 Å². The van der Waals surface area contributed by atoms with Gasteiger partial charge in [-0.15, -0.1) is 0 Å². The molecule has 2 N–H and O–H groups in total. The van der Waals surface area contributed by atoms with Gasteiger partial charge >= 0.3 is 0 Å². The summed E-state index contributed by atoms with van der Waals surface area (Å²) >= 11 is 0. The minimum atomic E-state index is -0.564. The third kappa shape index (κ3) is 3.56. The number of carbonyl (C=O) groups is 1. The molecule has 2 aliphatic heterocycles. The van der Waals surface area contributed by atoms with Gasteiger partial charge in [-0.25, -0.2) is 19.3 Å². The summed E-state index contributed by atoms with van der Waals surface area (Å²) in [4.78, 5) is 32.3. The van der Waals surface area contributed by atoms with Crippen LogP contribution in [0.1, 0.15) is 12.2 Å². The Morgan fingerprint density at radius 1 is 1.22 bits per heavy atom.